The number of ether oxygens (including phenoxy) is 3. The molecule has 6 heteroatoms. The number of hydrogen-bond acceptors (Lipinski definition) is 4. The summed E-state index contributed by atoms with van der Waals surface area (Å²) in [4.78, 5) is 4.22. The zero-order chi connectivity index (χ0) is 17.5. The topological polar surface area (TPSA) is 64.1 Å². The van der Waals surface area contributed by atoms with E-state index in [1.165, 1.54) is 5.56 Å². The largest absolute Gasteiger partial charge is 0.385 e. The van der Waals surface area contributed by atoms with Gasteiger partial charge >= 0.3 is 0 Å². The van der Waals surface area contributed by atoms with Crippen molar-refractivity contribution in [2.75, 3.05) is 47.1 Å². The maximum absolute atomic E-state index is 5.61. The van der Waals surface area contributed by atoms with E-state index in [0.717, 1.165) is 44.2 Å². The van der Waals surface area contributed by atoms with Gasteiger partial charge in [0, 0.05) is 40.5 Å². The number of benzene rings is 1. The van der Waals surface area contributed by atoms with Gasteiger partial charge in [0.2, 0.25) is 0 Å². The average Bonchev–Trinajstić information content (AvgIpc) is 2.61. The van der Waals surface area contributed by atoms with Crippen LogP contribution in [-0.4, -0.2) is 53.1 Å². The molecule has 1 aromatic carbocycles. The van der Waals surface area contributed by atoms with Crippen molar-refractivity contribution in [3.63, 3.8) is 0 Å². The molecule has 1 aromatic rings. The summed E-state index contributed by atoms with van der Waals surface area (Å²) < 4.78 is 15.9. The molecule has 0 spiro atoms. The molecule has 0 saturated carbocycles. The fourth-order valence-electron chi connectivity index (χ4n) is 2.11. The van der Waals surface area contributed by atoms with E-state index >= 15 is 0 Å². The van der Waals surface area contributed by atoms with Crippen molar-refractivity contribution in [2.24, 2.45) is 4.99 Å². The first-order valence-electron chi connectivity index (χ1n) is 8.47. The van der Waals surface area contributed by atoms with Crippen LogP contribution >= 0.6 is 0 Å². The highest BCUT2D eigenvalue weighted by atomic mass is 16.5. The molecule has 0 aliphatic heterocycles. The summed E-state index contributed by atoms with van der Waals surface area (Å²) in [6, 6.07) is 8.36. The van der Waals surface area contributed by atoms with Gasteiger partial charge in [-0.15, -0.1) is 0 Å². The van der Waals surface area contributed by atoms with Gasteiger partial charge in [-0.25, -0.2) is 0 Å². The van der Waals surface area contributed by atoms with E-state index in [-0.39, 0.29) is 0 Å². The molecule has 0 amide bonds. The molecule has 0 atom stereocenters. The Morgan fingerprint density at radius 2 is 1.88 bits per heavy atom. The highest BCUT2D eigenvalue weighted by molar-refractivity contribution is 5.79. The Kier molecular flexibility index (Phi) is 11.7. The van der Waals surface area contributed by atoms with Crippen LogP contribution in [0.2, 0.25) is 0 Å². The van der Waals surface area contributed by atoms with Crippen LogP contribution in [0.1, 0.15) is 24.5 Å². The highest BCUT2D eigenvalue weighted by Gasteiger charge is 2.00. The van der Waals surface area contributed by atoms with E-state index in [1.807, 2.05) is 13.0 Å². The van der Waals surface area contributed by atoms with Crippen molar-refractivity contribution >= 4 is 5.96 Å². The number of aliphatic imine (C=N–C) groups is 1. The lowest BCUT2D eigenvalue weighted by Gasteiger charge is -2.12. The summed E-state index contributed by atoms with van der Waals surface area (Å²) in [7, 11) is 3.48. The summed E-state index contributed by atoms with van der Waals surface area (Å²) in [5.41, 5.74) is 2.36. The molecule has 0 aromatic heterocycles. The molecule has 6 nitrogen and oxygen atoms in total. The number of rotatable bonds is 12. The molecule has 0 radical (unpaired) electrons. The Morgan fingerprint density at radius 3 is 2.62 bits per heavy atom. The maximum atomic E-state index is 5.61. The standard InChI is InChI=1S/C18H31N3O3/c1-4-23-11-12-24-15-17-8-5-7-16(13-17)14-21-18(19-2)20-9-6-10-22-3/h5,7-8,13H,4,6,9-12,14-15H2,1-3H3,(H2,19,20,21). The van der Waals surface area contributed by atoms with Crippen LogP contribution in [0.3, 0.4) is 0 Å². The van der Waals surface area contributed by atoms with E-state index in [0.29, 0.717) is 19.8 Å². The number of nitrogens with one attached hydrogen (secondary N) is 2. The van der Waals surface area contributed by atoms with Crippen LogP contribution in [0.5, 0.6) is 0 Å². The number of guanidine groups is 1. The minimum absolute atomic E-state index is 0.602. The minimum Gasteiger partial charge on any atom is -0.385 e. The zero-order valence-corrected chi connectivity index (χ0v) is 15.1. The van der Waals surface area contributed by atoms with Crippen molar-refractivity contribution in [3.05, 3.63) is 35.4 Å². The van der Waals surface area contributed by atoms with E-state index in [4.69, 9.17) is 14.2 Å². The Hall–Kier alpha value is -1.63. The van der Waals surface area contributed by atoms with Crippen LogP contribution in [-0.2, 0) is 27.4 Å². The number of hydrogen-bond donors (Lipinski definition) is 2. The highest BCUT2D eigenvalue weighted by Crippen LogP contribution is 2.06. The molecule has 0 bridgehead atoms. The Labute approximate surface area is 145 Å². The smallest absolute Gasteiger partial charge is 0.191 e. The molecular formula is C18H31N3O3. The average molecular weight is 337 g/mol. The van der Waals surface area contributed by atoms with Crippen molar-refractivity contribution in [1.29, 1.82) is 0 Å². The molecule has 0 fully saturated rings. The van der Waals surface area contributed by atoms with Crippen molar-refractivity contribution in [1.82, 2.24) is 10.6 Å². The normalized spacial score (nSPS) is 11.5. The third-order valence-electron chi connectivity index (χ3n) is 3.34. The first-order chi connectivity index (χ1) is 11.8. The van der Waals surface area contributed by atoms with Crippen LogP contribution in [0, 0.1) is 0 Å². The lowest BCUT2D eigenvalue weighted by atomic mass is 10.1. The summed E-state index contributed by atoms with van der Waals surface area (Å²) >= 11 is 0. The number of nitrogens with zero attached hydrogens (tertiary/aromatic N) is 1. The molecule has 0 aliphatic carbocycles. The first-order valence-corrected chi connectivity index (χ1v) is 8.47. The molecular weight excluding hydrogens is 306 g/mol. The molecule has 0 heterocycles. The first kappa shape index (κ1) is 20.4. The predicted octanol–water partition coefficient (Wildman–Crippen LogP) is 1.94. The van der Waals surface area contributed by atoms with Gasteiger partial charge in [0.15, 0.2) is 5.96 Å². The molecule has 2 N–H and O–H groups in total. The lowest BCUT2D eigenvalue weighted by molar-refractivity contribution is 0.0453. The second-order valence-electron chi connectivity index (χ2n) is 5.27. The summed E-state index contributed by atoms with van der Waals surface area (Å²) in [6.07, 6.45) is 0.950. The van der Waals surface area contributed by atoms with E-state index in [1.54, 1.807) is 14.2 Å². The monoisotopic (exact) mass is 337 g/mol. The van der Waals surface area contributed by atoms with E-state index in [9.17, 15) is 0 Å². The molecule has 0 saturated heterocycles. The van der Waals surface area contributed by atoms with Crippen molar-refractivity contribution in [2.45, 2.75) is 26.5 Å². The third-order valence-corrected chi connectivity index (χ3v) is 3.34. The fraction of sp³-hybridized carbons (Fsp3) is 0.611. The SMILES string of the molecule is CCOCCOCc1cccc(CNC(=NC)NCCCOC)c1. The lowest BCUT2D eigenvalue weighted by Crippen LogP contribution is -2.37. The molecule has 0 aliphatic rings. The molecule has 24 heavy (non-hydrogen) atoms. The summed E-state index contributed by atoms with van der Waals surface area (Å²) in [5, 5.41) is 6.57. The van der Waals surface area contributed by atoms with Gasteiger partial charge in [-0.1, -0.05) is 24.3 Å². The summed E-state index contributed by atoms with van der Waals surface area (Å²) in [5.74, 6) is 0.796. The Balaban J connectivity index is 2.32. The molecule has 0 unspecified atom stereocenters. The Bertz CT molecular complexity index is 467. The molecule has 1 rings (SSSR count). The number of methoxy groups -OCH3 is 1. The molecule has 136 valence electrons. The predicted molar refractivity (Wildman–Crippen MR) is 97.3 cm³/mol. The van der Waals surface area contributed by atoms with E-state index < -0.39 is 0 Å². The van der Waals surface area contributed by atoms with Gasteiger partial charge in [0.05, 0.1) is 19.8 Å². The second kappa shape index (κ2) is 13.8. The quantitative estimate of drug-likeness (QED) is 0.347. The van der Waals surface area contributed by atoms with Gasteiger partial charge in [0.1, 0.15) is 0 Å². The van der Waals surface area contributed by atoms with Crippen molar-refractivity contribution in [3.8, 4) is 0 Å². The van der Waals surface area contributed by atoms with Gasteiger partial charge in [-0.3, -0.25) is 4.99 Å². The van der Waals surface area contributed by atoms with Gasteiger partial charge in [-0.2, -0.15) is 0 Å². The fourth-order valence-corrected chi connectivity index (χ4v) is 2.11. The van der Waals surface area contributed by atoms with Gasteiger partial charge in [-0.05, 0) is 24.5 Å². The third kappa shape index (κ3) is 9.50. The van der Waals surface area contributed by atoms with E-state index in [2.05, 4.69) is 33.8 Å². The van der Waals surface area contributed by atoms with Crippen LogP contribution in [0.25, 0.3) is 0 Å². The van der Waals surface area contributed by atoms with Crippen molar-refractivity contribution < 1.29 is 14.2 Å². The summed E-state index contributed by atoms with van der Waals surface area (Å²) in [6.45, 7) is 6.87. The second-order valence-corrected chi connectivity index (χ2v) is 5.27. The van der Waals surface area contributed by atoms with Crippen LogP contribution in [0.15, 0.2) is 29.3 Å². The minimum atomic E-state index is 0.602. The van der Waals surface area contributed by atoms with Gasteiger partial charge in [0.25, 0.3) is 0 Å². The van der Waals surface area contributed by atoms with Crippen LogP contribution < -0.4 is 10.6 Å². The maximum Gasteiger partial charge on any atom is 0.191 e. The Morgan fingerprint density at radius 1 is 1.08 bits per heavy atom. The zero-order valence-electron chi connectivity index (χ0n) is 15.1. The van der Waals surface area contributed by atoms with Crippen LogP contribution in [0.4, 0.5) is 0 Å². The van der Waals surface area contributed by atoms with Gasteiger partial charge < -0.3 is 24.8 Å².